The van der Waals surface area contributed by atoms with Gasteiger partial charge in [-0.05, 0) is 19.1 Å². The fourth-order valence-corrected chi connectivity index (χ4v) is 3.44. The zero-order chi connectivity index (χ0) is 17.3. The van der Waals surface area contributed by atoms with E-state index in [1.165, 1.54) is 18.5 Å². The summed E-state index contributed by atoms with van der Waals surface area (Å²) in [7, 11) is -3.73. The molecule has 0 fully saturated rings. The van der Waals surface area contributed by atoms with Gasteiger partial charge in [-0.1, -0.05) is 12.1 Å². The maximum atomic E-state index is 11.9. The first-order valence-corrected chi connectivity index (χ1v) is 8.40. The number of nitrogens with zero attached hydrogens (tertiary/aromatic N) is 3. The van der Waals surface area contributed by atoms with Crippen molar-refractivity contribution in [3.8, 4) is 5.75 Å². The van der Waals surface area contributed by atoms with Gasteiger partial charge in [-0.25, -0.2) is 0 Å². The lowest BCUT2D eigenvalue weighted by Gasteiger charge is -2.07. The highest BCUT2D eigenvalue weighted by Crippen LogP contribution is 2.25. The average Bonchev–Trinajstić information content (AvgIpc) is 2.83. The first-order valence-electron chi connectivity index (χ1n) is 6.96. The Morgan fingerprint density at radius 1 is 1.33 bits per heavy atom. The molecule has 8 nitrogen and oxygen atoms in total. The molecule has 124 valence electrons. The summed E-state index contributed by atoms with van der Waals surface area (Å²) in [6.07, 6.45) is 2.72. The lowest BCUT2D eigenvalue weighted by Crippen LogP contribution is -2.17. The van der Waals surface area contributed by atoms with E-state index in [0.29, 0.717) is 22.4 Å². The third-order valence-electron chi connectivity index (χ3n) is 3.52. The van der Waals surface area contributed by atoms with Crippen molar-refractivity contribution >= 4 is 22.1 Å². The van der Waals surface area contributed by atoms with Crippen molar-refractivity contribution in [1.29, 1.82) is 0 Å². The van der Waals surface area contributed by atoms with Gasteiger partial charge in [-0.3, -0.25) is 10.4 Å². The largest absolute Gasteiger partial charge is 0.505 e. The molecule has 3 N–H and O–H groups in total. The lowest BCUT2D eigenvalue weighted by molar-refractivity contribution is 0.280. The molecule has 0 aliphatic carbocycles. The summed E-state index contributed by atoms with van der Waals surface area (Å²) >= 11 is 0. The monoisotopic (exact) mass is 346 g/mol. The van der Waals surface area contributed by atoms with Crippen LogP contribution >= 0.6 is 0 Å². The van der Waals surface area contributed by atoms with E-state index in [0.717, 1.165) is 0 Å². The number of hydrogen-bond acceptors (Lipinski definition) is 7. The van der Waals surface area contributed by atoms with Crippen molar-refractivity contribution in [3.05, 3.63) is 52.8 Å². The first-order chi connectivity index (χ1) is 11.4. The zero-order valence-electron chi connectivity index (χ0n) is 12.6. The maximum absolute atomic E-state index is 11.9. The van der Waals surface area contributed by atoms with Gasteiger partial charge >= 0.3 is 0 Å². The van der Waals surface area contributed by atoms with Crippen molar-refractivity contribution in [3.63, 3.8) is 0 Å². The van der Waals surface area contributed by atoms with Gasteiger partial charge in [0.1, 0.15) is 10.6 Å². The van der Waals surface area contributed by atoms with E-state index in [4.69, 9.17) is 0 Å². The minimum atomic E-state index is -3.73. The molecule has 0 saturated carbocycles. The minimum Gasteiger partial charge on any atom is -0.505 e. The van der Waals surface area contributed by atoms with Crippen LogP contribution in [0.3, 0.4) is 0 Å². The molecule has 0 spiro atoms. The molecule has 0 saturated heterocycles. The number of hydrogen-bond donors (Lipinski definition) is 3. The molecule has 1 aromatic heterocycles. The van der Waals surface area contributed by atoms with Gasteiger partial charge in [-0.2, -0.15) is 13.5 Å². The lowest BCUT2D eigenvalue weighted by atomic mass is 10.1. The van der Waals surface area contributed by atoms with Crippen LogP contribution in [-0.4, -0.2) is 35.7 Å². The van der Waals surface area contributed by atoms with Crippen LogP contribution in [0.15, 0.2) is 44.9 Å². The SMILES string of the molecule is Cc1ncc(CO)c(C=NNC2=NS(=O)(=O)c3ccccc32)c1O. The molecule has 0 atom stereocenters. The standard InChI is InChI=1S/C15H14N4O4S/c1-9-14(21)12(10(8-20)6-16-9)7-17-18-15-11-4-2-3-5-13(11)24(22,23)19-15/h2-7,20-21H,8H2,1H3,(H,18,19). The number of fused-ring (bicyclic) bond motifs is 1. The van der Waals surface area contributed by atoms with Gasteiger partial charge in [0.2, 0.25) is 0 Å². The molecule has 1 aliphatic rings. The summed E-state index contributed by atoms with van der Waals surface area (Å²) < 4.78 is 27.5. The van der Waals surface area contributed by atoms with Gasteiger partial charge in [0, 0.05) is 22.9 Å². The number of aliphatic hydroxyl groups excluding tert-OH is 1. The minimum absolute atomic E-state index is 0.0951. The molecule has 3 rings (SSSR count). The van der Waals surface area contributed by atoms with Crippen LogP contribution in [0, 0.1) is 6.92 Å². The number of aliphatic hydroxyl groups is 1. The molecule has 0 bridgehead atoms. The molecule has 0 radical (unpaired) electrons. The Balaban J connectivity index is 1.91. The second-order valence-corrected chi connectivity index (χ2v) is 6.64. The van der Waals surface area contributed by atoms with E-state index in [1.807, 2.05) is 0 Å². The Kier molecular flexibility index (Phi) is 4.04. The summed E-state index contributed by atoms with van der Waals surface area (Å²) in [5.74, 6) is -0.00820. The van der Waals surface area contributed by atoms with Crippen LogP contribution in [0.25, 0.3) is 0 Å². The third kappa shape index (κ3) is 2.74. The molecule has 2 aromatic rings. The number of rotatable bonds is 3. The van der Waals surface area contributed by atoms with Crippen LogP contribution < -0.4 is 5.43 Å². The molecule has 1 aliphatic heterocycles. The Hall–Kier alpha value is -2.78. The summed E-state index contributed by atoms with van der Waals surface area (Å²) in [5, 5.41) is 23.3. The van der Waals surface area contributed by atoms with E-state index in [1.54, 1.807) is 25.1 Å². The number of benzene rings is 1. The van der Waals surface area contributed by atoms with Gasteiger partial charge in [0.15, 0.2) is 5.84 Å². The number of nitrogens with one attached hydrogen (secondary N) is 1. The molecule has 0 amide bonds. The highest BCUT2D eigenvalue weighted by molar-refractivity contribution is 7.90. The highest BCUT2D eigenvalue weighted by atomic mass is 32.2. The number of amidine groups is 1. The van der Waals surface area contributed by atoms with Crippen LogP contribution in [0.4, 0.5) is 0 Å². The van der Waals surface area contributed by atoms with Crippen molar-refractivity contribution < 1.29 is 18.6 Å². The first kappa shape index (κ1) is 16.1. The van der Waals surface area contributed by atoms with Gasteiger partial charge in [-0.15, -0.1) is 4.40 Å². The smallest absolute Gasteiger partial charge is 0.285 e. The molecular weight excluding hydrogens is 332 g/mol. The van der Waals surface area contributed by atoms with Crippen LogP contribution in [-0.2, 0) is 16.6 Å². The highest BCUT2D eigenvalue weighted by Gasteiger charge is 2.28. The van der Waals surface area contributed by atoms with Crippen LogP contribution in [0.5, 0.6) is 5.75 Å². The van der Waals surface area contributed by atoms with E-state index >= 15 is 0 Å². The Morgan fingerprint density at radius 2 is 2.08 bits per heavy atom. The van der Waals surface area contributed by atoms with Gasteiger partial charge in [0.05, 0.1) is 18.5 Å². The molecule has 1 aromatic carbocycles. The normalized spacial score (nSPS) is 15.3. The van der Waals surface area contributed by atoms with Gasteiger partial charge in [0.25, 0.3) is 10.0 Å². The van der Waals surface area contributed by atoms with Crippen molar-refractivity contribution in [2.75, 3.05) is 0 Å². The number of aromatic nitrogens is 1. The Labute approximate surface area is 138 Å². The number of aryl methyl sites for hydroxylation is 1. The van der Waals surface area contributed by atoms with Gasteiger partial charge < -0.3 is 10.2 Å². The predicted molar refractivity (Wildman–Crippen MR) is 87.5 cm³/mol. The molecule has 9 heteroatoms. The Bertz CT molecular complexity index is 967. The van der Waals surface area contributed by atoms with E-state index in [-0.39, 0.29) is 23.1 Å². The second kappa shape index (κ2) is 6.02. The Morgan fingerprint density at radius 3 is 2.83 bits per heavy atom. The quantitative estimate of drug-likeness (QED) is 0.554. The van der Waals surface area contributed by atoms with E-state index in [2.05, 4.69) is 19.9 Å². The van der Waals surface area contributed by atoms with E-state index in [9.17, 15) is 18.6 Å². The summed E-state index contributed by atoms with van der Waals surface area (Å²) in [5.41, 5.74) is 4.07. The average molecular weight is 346 g/mol. The summed E-state index contributed by atoms with van der Waals surface area (Å²) in [4.78, 5) is 4.06. The summed E-state index contributed by atoms with van der Waals surface area (Å²) in [6, 6.07) is 6.40. The molecular formula is C15H14N4O4S. The summed E-state index contributed by atoms with van der Waals surface area (Å²) in [6.45, 7) is 1.30. The third-order valence-corrected chi connectivity index (χ3v) is 4.86. The van der Waals surface area contributed by atoms with Crippen molar-refractivity contribution in [2.24, 2.45) is 9.50 Å². The number of pyridine rings is 1. The molecule has 2 heterocycles. The maximum Gasteiger partial charge on any atom is 0.285 e. The second-order valence-electron chi connectivity index (χ2n) is 5.07. The van der Waals surface area contributed by atoms with Crippen molar-refractivity contribution in [1.82, 2.24) is 10.4 Å². The topological polar surface area (TPSA) is 124 Å². The van der Waals surface area contributed by atoms with Crippen LogP contribution in [0.2, 0.25) is 0 Å². The number of sulfonamides is 1. The van der Waals surface area contributed by atoms with Crippen LogP contribution in [0.1, 0.15) is 22.4 Å². The molecule has 0 unspecified atom stereocenters. The number of aromatic hydroxyl groups is 1. The fourth-order valence-electron chi connectivity index (χ4n) is 2.27. The zero-order valence-corrected chi connectivity index (χ0v) is 13.4. The predicted octanol–water partition coefficient (Wildman–Crippen LogP) is 0.661. The fraction of sp³-hybridized carbons (Fsp3) is 0.133. The van der Waals surface area contributed by atoms with E-state index < -0.39 is 10.0 Å². The molecule has 24 heavy (non-hydrogen) atoms. The number of hydrazone groups is 1. The van der Waals surface area contributed by atoms with Crippen molar-refractivity contribution in [2.45, 2.75) is 18.4 Å².